The second-order valence-electron chi connectivity index (χ2n) is 8.18. The molecule has 0 N–H and O–H groups in total. The van der Waals surface area contributed by atoms with E-state index in [1.807, 2.05) is 35.2 Å². The van der Waals surface area contributed by atoms with Crippen LogP contribution < -0.4 is 0 Å². The number of likely N-dealkylation sites (tertiary alicyclic amines) is 2. The number of ether oxygens (including phenoxy) is 1. The van der Waals surface area contributed by atoms with E-state index in [2.05, 4.69) is 0 Å². The molecule has 1 aromatic rings. The Bertz CT molecular complexity index is 813. The van der Waals surface area contributed by atoms with E-state index in [4.69, 9.17) is 4.74 Å². The molecule has 0 radical (unpaired) electrons. The van der Waals surface area contributed by atoms with Crippen molar-refractivity contribution in [1.29, 1.82) is 0 Å². The molecule has 0 unspecified atom stereocenters. The van der Waals surface area contributed by atoms with Gasteiger partial charge < -0.3 is 19.4 Å². The lowest BCUT2D eigenvalue weighted by molar-refractivity contribution is -0.145. The summed E-state index contributed by atoms with van der Waals surface area (Å²) in [4.78, 5) is 43.3. The molecule has 4 aliphatic rings. The van der Waals surface area contributed by atoms with Crippen molar-refractivity contribution in [2.24, 2.45) is 0 Å². The summed E-state index contributed by atoms with van der Waals surface area (Å²) in [5.74, 6) is 0.0281. The molecule has 3 amide bonds. The highest BCUT2D eigenvalue weighted by Gasteiger charge is 2.65. The fraction of sp³-hybridized carbons (Fsp3) is 0.571. The van der Waals surface area contributed by atoms with Gasteiger partial charge >= 0.3 is 0 Å². The van der Waals surface area contributed by atoms with Gasteiger partial charge in [0, 0.05) is 25.9 Å². The number of nitrogens with zero attached hydrogens (tertiary/aromatic N) is 3. The third kappa shape index (κ3) is 2.56. The van der Waals surface area contributed by atoms with E-state index >= 15 is 0 Å². The number of benzene rings is 1. The molecular weight excluding hydrogens is 358 g/mol. The van der Waals surface area contributed by atoms with E-state index in [-0.39, 0.29) is 36.3 Å². The normalized spacial score (nSPS) is 32.1. The zero-order valence-electron chi connectivity index (χ0n) is 15.9. The molecule has 1 spiro atoms. The molecule has 0 bridgehead atoms. The SMILES string of the molecule is O=C1CCCCN1CC(=O)N1CC[C@@]23OC[C@@H](c4ccccc4)N2C(=O)C[C@@H]13. The van der Waals surface area contributed by atoms with Crippen molar-refractivity contribution < 1.29 is 19.1 Å². The van der Waals surface area contributed by atoms with E-state index < -0.39 is 5.72 Å². The van der Waals surface area contributed by atoms with Crippen LogP contribution in [0, 0.1) is 0 Å². The summed E-state index contributed by atoms with van der Waals surface area (Å²) in [5.41, 5.74) is 0.358. The molecule has 148 valence electrons. The Morgan fingerprint density at radius 3 is 2.71 bits per heavy atom. The zero-order valence-corrected chi connectivity index (χ0v) is 15.9. The number of rotatable bonds is 3. The minimum Gasteiger partial charge on any atom is -0.351 e. The van der Waals surface area contributed by atoms with Crippen LogP contribution in [-0.2, 0) is 19.1 Å². The number of amides is 3. The molecule has 3 atom stereocenters. The molecule has 4 saturated heterocycles. The number of carbonyl (C=O) groups is 3. The maximum atomic E-state index is 13.0. The van der Waals surface area contributed by atoms with Crippen molar-refractivity contribution in [1.82, 2.24) is 14.7 Å². The Morgan fingerprint density at radius 1 is 1.11 bits per heavy atom. The topological polar surface area (TPSA) is 70.2 Å². The van der Waals surface area contributed by atoms with Gasteiger partial charge in [-0.3, -0.25) is 14.4 Å². The van der Waals surface area contributed by atoms with E-state index in [1.165, 1.54) is 0 Å². The van der Waals surface area contributed by atoms with Gasteiger partial charge in [0.25, 0.3) is 0 Å². The van der Waals surface area contributed by atoms with Crippen LogP contribution in [0.15, 0.2) is 30.3 Å². The van der Waals surface area contributed by atoms with Crippen LogP contribution in [0.1, 0.15) is 43.7 Å². The second kappa shape index (κ2) is 6.58. The molecule has 28 heavy (non-hydrogen) atoms. The van der Waals surface area contributed by atoms with Gasteiger partial charge in [-0.05, 0) is 18.4 Å². The lowest BCUT2D eigenvalue weighted by atomic mass is 10.0. The van der Waals surface area contributed by atoms with Crippen LogP contribution in [0.3, 0.4) is 0 Å². The van der Waals surface area contributed by atoms with Crippen LogP contribution in [0.5, 0.6) is 0 Å². The second-order valence-corrected chi connectivity index (χ2v) is 8.18. The monoisotopic (exact) mass is 383 g/mol. The van der Waals surface area contributed by atoms with E-state index in [1.54, 1.807) is 9.80 Å². The quantitative estimate of drug-likeness (QED) is 0.789. The van der Waals surface area contributed by atoms with Gasteiger partial charge in [0.05, 0.1) is 31.7 Å². The first kappa shape index (κ1) is 17.7. The van der Waals surface area contributed by atoms with E-state index in [0.29, 0.717) is 39.0 Å². The highest BCUT2D eigenvalue weighted by molar-refractivity contribution is 5.88. The Kier molecular flexibility index (Phi) is 4.16. The predicted molar refractivity (Wildman–Crippen MR) is 99.9 cm³/mol. The fourth-order valence-corrected chi connectivity index (χ4v) is 5.35. The van der Waals surface area contributed by atoms with Gasteiger partial charge in [0.1, 0.15) is 0 Å². The summed E-state index contributed by atoms with van der Waals surface area (Å²) in [6, 6.07) is 9.58. The molecule has 4 heterocycles. The molecule has 7 heteroatoms. The summed E-state index contributed by atoms with van der Waals surface area (Å²) in [7, 11) is 0. The maximum Gasteiger partial charge on any atom is 0.242 e. The Labute approximate surface area is 164 Å². The summed E-state index contributed by atoms with van der Waals surface area (Å²) in [6.45, 7) is 1.78. The van der Waals surface area contributed by atoms with Gasteiger partial charge in [-0.2, -0.15) is 0 Å². The van der Waals surface area contributed by atoms with Crippen LogP contribution >= 0.6 is 0 Å². The molecule has 1 aromatic carbocycles. The fourth-order valence-electron chi connectivity index (χ4n) is 5.35. The summed E-state index contributed by atoms with van der Waals surface area (Å²) < 4.78 is 6.25. The molecular formula is C21H25N3O4. The van der Waals surface area contributed by atoms with Gasteiger partial charge in [0.15, 0.2) is 5.72 Å². The molecule has 7 nitrogen and oxygen atoms in total. The Morgan fingerprint density at radius 2 is 1.93 bits per heavy atom. The van der Waals surface area contributed by atoms with Crippen LogP contribution in [-0.4, -0.2) is 70.4 Å². The van der Waals surface area contributed by atoms with Crippen molar-refractivity contribution in [3.63, 3.8) is 0 Å². The van der Waals surface area contributed by atoms with Crippen molar-refractivity contribution in [3.05, 3.63) is 35.9 Å². The largest absolute Gasteiger partial charge is 0.351 e. The van der Waals surface area contributed by atoms with Gasteiger partial charge in [0.2, 0.25) is 17.7 Å². The summed E-state index contributed by atoms with van der Waals surface area (Å²) >= 11 is 0. The Hall–Kier alpha value is -2.41. The Balaban J connectivity index is 1.36. The minimum absolute atomic E-state index is 0.0444. The first-order valence-electron chi connectivity index (χ1n) is 10.2. The van der Waals surface area contributed by atoms with Gasteiger partial charge in [-0.25, -0.2) is 0 Å². The third-order valence-corrected chi connectivity index (χ3v) is 6.71. The zero-order chi connectivity index (χ0) is 19.3. The average molecular weight is 383 g/mol. The van der Waals surface area contributed by atoms with Crippen molar-refractivity contribution >= 4 is 17.7 Å². The molecule has 4 aliphatic heterocycles. The van der Waals surface area contributed by atoms with E-state index in [0.717, 1.165) is 18.4 Å². The van der Waals surface area contributed by atoms with Gasteiger partial charge in [-0.1, -0.05) is 30.3 Å². The minimum atomic E-state index is -0.709. The number of carbonyl (C=O) groups excluding carboxylic acids is 3. The molecule has 0 aromatic heterocycles. The lowest BCUT2D eigenvalue weighted by Gasteiger charge is -2.34. The smallest absolute Gasteiger partial charge is 0.242 e. The summed E-state index contributed by atoms with van der Waals surface area (Å²) in [5, 5.41) is 0. The molecule has 0 saturated carbocycles. The van der Waals surface area contributed by atoms with Crippen LogP contribution in [0.4, 0.5) is 0 Å². The molecule has 0 aliphatic carbocycles. The predicted octanol–water partition coefficient (Wildman–Crippen LogP) is 1.30. The molecule has 5 rings (SSSR count). The average Bonchev–Trinajstić information content (AvgIpc) is 3.33. The number of piperidine rings is 1. The van der Waals surface area contributed by atoms with E-state index in [9.17, 15) is 14.4 Å². The highest BCUT2D eigenvalue weighted by Crippen LogP contribution is 2.51. The molecule has 4 fully saturated rings. The van der Waals surface area contributed by atoms with Crippen LogP contribution in [0.2, 0.25) is 0 Å². The first-order chi connectivity index (χ1) is 13.6. The number of hydrogen-bond donors (Lipinski definition) is 0. The van der Waals surface area contributed by atoms with Crippen molar-refractivity contribution in [3.8, 4) is 0 Å². The van der Waals surface area contributed by atoms with Gasteiger partial charge in [-0.15, -0.1) is 0 Å². The first-order valence-corrected chi connectivity index (χ1v) is 10.2. The van der Waals surface area contributed by atoms with Crippen molar-refractivity contribution in [2.45, 2.75) is 49.9 Å². The lowest BCUT2D eigenvalue weighted by Crippen LogP contribution is -2.51. The third-order valence-electron chi connectivity index (χ3n) is 6.71. The maximum absolute atomic E-state index is 13.0. The summed E-state index contributed by atoms with van der Waals surface area (Å²) in [6.07, 6.45) is 3.29. The standard InChI is InChI=1S/C21H25N3O4/c25-18-8-4-5-10-22(18)13-20(27)23-11-9-21-17(23)12-19(26)24(21)16(14-28-21)15-6-2-1-3-7-15/h1-3,6-7,16-17H,4-5,8-14H2/t16-,17+,21-/m0/s1. The highest BCUT2D eigenvalue weighted by atomic mass is 16.5. The van der Waals surface area contributed by atoms with Crippen molar-refractivity contribution in [2.75, 3.05) is 26.2 Å². The van der Waals surface area contributed by atoms with Crippen LogP contribution in [0.25, 0.3) is 0 Å². The number of hydrogen-bond acceptors (Lipinski definition) is 4.